The van der Waals surface area contributed by atoms with Crippen LogP contribution in [0.25, 0.3) is 0 Å². The molecule has 1 aromatic heterocycles. The maximum Gasteiger partial charge on any atom is 0.0492 e. The summed E-state index contributed by atoms with van der Waals surface area (Å²) in [6.07, 6.45) is 2.17. The summed E-state index contributed by atoms with van der Waals surface area (Å²) < 4.78 is 2.35. The zero-order valence-electron chi connectivity index (χ0n) is 7.68. The molecule has 0 unspecified atom stereocenters. The second-order valence-corrected chi connectivity index (χ2v) is 4.45. The Labute approximate surface area is 68.0 Å². The van der Waals surface area contributed by atoms with Crippen LogP contribution >= 0.6 is 0 Å². The van der Waals surface area contributed by atoms with Crippen LogP contribution in [0.1, 0.15) is 33.4 Å². The summed E-state index contributed by atoms with van der Waals surface area (Å²) in [5, 5.41) is 0. The van der Waals surface area contributed by atoms with Crippen molar-refractivity contribution in [2.45, 2.75) is 38.6 Å². The van der Waals surface area contributed by atoms with Crippen molar-refractivity contribution in [1.82, 2.24) is 4.57 Å². The molecule has 0 aromatic carbocycles. The SMILES string of the molecule is CC1(C)c2cccn2C1(C)C. The molecule has 1 aromatic rings. The van der Waals surface area contributed by atoms with E-state index < -0.39 is 0 Å². The lowest BCUT2D eigenvalue weighted by atomic mass is 9.65. The summed E-state index contributed by atoms with van der Waals surface area (Å²) in [5.41, 5.74) is 2.10. The van der Waals surface area contributed by atoms with Crippen molar-refractivity contribution in [3.8, 4) is 0 Å². The fourth-order valence-electron chi connectivity index (χ4n) is 1.94. The lowest BCUT2D eigenvalue weighted by Crippen LogP contribution is -2.56. The van der Waals surface area contributed by atoms with Gasteiger partial charge in [-0.15, -0.1) is 0 Å². The van der Waals surface area contributed by atoms with E-state index in [0.29, 0.717) is 11.0 Å². The lowest BCUT2D eigenvalue weighted by Gasteiger charge is -2.54. The molecule has 0 aliphatic carbocycles. The molecule has 1 aliphatic rings. The van der Waals surface area contributed by atoms with Crippen LogP contribution in [-0.2, 0) is 11.0 Å². The minimum atomic E-state index is 0.297. The summed E-state index contributed by atoms with van der Waals surface area (Å²) in [6, 6.07) is 4.34. The van der Waals surface area contributed by atoms with E-state index in [9.17, 15) is 0 Å². The molecule has 2 rings (SSSR count). The molecule has 0 spiro atoms. The highest BCUT2D eigenvalue weighted by atomic mass is 15.1. The molecule has 0 radical (unpaired) electrons. The Balaban J connectivity index is 2.63. The Bertz CT molecular complexity index is 263. The third-order valence-corrected chi connectivity index (χ3v) is 3.52. The van der Waals surface area contributed by atoms with Crippen molar-refractivity contribution in [2.24, 2.45) is 0 Å². The van der Waals surface area contributed by atoms with Crippen LogP contribution in [0.5, 0.6) is 0 Å². The quantitative estimate of drug-likeness (QED) is 0.534. The summed E-state index contributed by atoms with van der Waals surface area (Å²) >= 11 is 0. The van der Waals surface area contributed by atoms with E-state index >= 15 is 0 Å². The average Bonchev–Trinajstić information content (AvgIpc) is 2.32. The highest BCUT2D eigenvalue weighted by molar-refractivity contribution is 5.32. The Hall–Kier alpha value is -0.720. The normalized spacial score (nSPS) is 24.0. The number of rotatable bonds is 0. The van der Waals surface area contributed by atoms with Gasteiger partial charge in [0, 0.05) is 22.8 Å². The molecular formula is C10H15N. The smallest absolute Gasteiger partial charge is 0.0492 e. The Kier molecular flexibility index (Phi) is 0.978. The third-order valence-electron chi connectivity index (χ3n) is 3.52. The molecule has 0 bridgehead atoms. The van der Waals surface area contributed by atoms with Crippen molar-refractivity contribution >= 4 is 0 Å². The van der Waals surface area contributed by atoms with Gasteiger partial charge < -0.3 is 4.57 Å². The van der Waals surface area contributed by atoms with Crippen molar-refractivity contribution in [1.29, 1.82) is 0 Å². The molecule has 1 aliphatic heterocycles. The molecular weight excluding hydrogens is 134 g/mol. The molecule has 0 saturated carbocycles. The van der Waals surface area contributed by atoms with Gasteiger partial charge in [0.2, 0.25) is 0 Å². The summed E-state index contributed by atoms with van der Waals surface area (Å²) in [5.74, 6) is 0. The van der Waals surface area contributed by atoms with Gasteiger partial charge in [0.15, 0.2) is 0 Å². The Morgan fingerprint density at radius 2 is 1.82 bits per heavy atom. The van der Waals surface area contributed by atoms with Crippen molar-refractivity contribution < 1.29 is 0 Å². The van der Waals surface area contributed by atoms with Crippen molar-refractivity contribution in [2.75, 3.05) is 0 Å². The first-order valence-electron chi connectivity index (χ1n) is 4.16. The van der Waals surface area contributed by atoms with Crippen molar-refractivity contribution in [3.05, 3.63) is 24.0 Å². The first kappa shape index (κ1) is 6.96. The summed E-state index contributed by atoms with van der Waals surface area (Å²) in [7, 11) is 0. The van der Waals surface area contributed by atoms with E-state index in [1.165, 1.54) is 5.69 Å². The number of fused-ring (bicyclic) bond motifs is 1. The van der Waals surface area contributed by atoms with Crippen LogP contribution in [0.15, 0.2) is 18.3 Å². The van der Waals surface area contributed by atoms with Gasteiger partial charge in [0.05, 0.1) is 0 Å². The van der Waals surface area contributed by atoms with Crippen LogP contribution in [0.4, 0.5) is 0 Å². The topological polar surface area (TPSA) is 4.93 Å². The second-order valence-electron chi connectivity index (χ2n) is 4.45. The molecule has 0 fully saturated rings. The number of aromatic nitrogens is 1. The van der Waals surface area contributed by atoms with E-state index in [-0.39, 0.29) is 0 Å². The van der Waals surface area contributed by atoms with Crippen LogP contribution in [0.2, 0.25) is 0 Å². The van der Waals surface area contributed by atoms with E-state index in [1.54, 1.807) is 0 Å². The van der Waals surface area contributed by atoms with Gasteiger partial charge in [-0.2, -0.15) is 0 Å². The number of nitrogens with zero attached hydrogens (tertiary/aromatic N) is 1. The molecule has 11 heavy (non-hydrogen) atoms. The molecule has 0 N–H and O–H groups in total. The first-order chi connectivity index (χ1) is 4.98. The van der Waals surface area contributed by atoms with Gasteiger partial charge in [-0.25, -0.2) is 0 Å². The van der Waals surface area contributed by atoms with Gasteiger partial charge in [-0.1, -0.05) is 13.8 Å². The highest BCUT2D eigenvalue weighted by Crippen LogP contribution is 2.49. The predicted octanol–water partition coefficient (Wildman–Crippen LogP) is 2.51. The molecule has 0 saturated heterocycles. The molecule has 1 heteroatoms. The number of hydrogen-bond acceptors (Lipinski definition) is 0. The fraction of sp³-hybridized carbons (Fsp3) is 0.600. The van der Waals surface area contributed by atoms with Crippen LogP contribution in [-0.4, -0.2) is 4.57 Å². The zero-order chi connectivity index (χ0) is 8.28. The summed E-state index contributed by atoms with van der Waals surface area (Å²) in [6.45, 7) is 9.20. The van der Waals surface area contributed by atoms with Gasteiger partial charge in [-0.05, 0) is 26.0 Å². The first-order valence-corrected chi connectivity index (χ1v) is 4.16. The van der Waals surface area contributed by atoms with Crippen LogP contribution < -0.4 is 0 Å². The largest absolute Gasteiger partial charge is 0.344 e. The average molecular weight is 149 g/mol. The Morgan fingerprint density at radius 3 is 2.36 bits per heavy atom. The molecule has 2 heterocycles. The number of hydrogen-bond donors (Lipinski definition) is 0. The van der Waals surface area contributed by atoms with Crippen LogP contribution in [0, 0.1) is 0 Å². The van der Waals surface area contributed by atoms with E-state index in [4.69, 9.17) is 0 Å². The molecule has 60 valence electrons. The van der Waals surface area contributed by atoms with Crippen molar-refractivity contribution in [3.63, 3.8) is 0 Å². The van der Waals surface area contributed by atoms with E-state index in [0.717, 1.165) is 0 Å². The van der Waals surface area contributed by atoms with Crippen LogP contribution in [0.3, 0.4) is 0 Å². The van der Waals surface area contributed by atoms with Gasteiger partial charge in [0.1, 0.15) is 0 Å². The monoisotopic (exact) mass is 149 g/mol. The Morgan fingerprint density at radius 1 is 1.18 bits per heavy atom. The van der Waals surface area contributed by atoms with E-state index in [1.807, 2.05) is 0 Å². The van der Waals surface area contributed by atoms with E-state index in [2.05, 4.69) is 50.6 Å². The van der Waals surface area contributed by atoms with Gasteiger partial charge in [-0.3, -0.25) is 0 Å². The standard InChI is InChI=1S/C10H15N/c1-9(2)8-6-5-7-11(8)10(9,3)4/h5-7H,1-4H3. The minimum Gasteiger partial charge on any atom is -0.344 e. The predicted molar refractivity (Wildman–Crippen MR) is 46.8 cm³/mol. The fourth-order valence-corrected chi connectivity index (χ4v) is 1.94. The van der Waals surface area contributed by atoms with Gasteiger partial charge in [0.25, 0.3) is 0 Å². The lowest BCUT2D eigenvalue weighted by molar-refractivity contribution is 0.110. The van der Waals surface area contributed by atoms with Gasteiger partial charge >= 0.3 is 0 Å². The molecule has 0 amide bonds. The molecule has 0 atom stereocenters. The maximum absolute atomic E-state index is 2.35. The highest BCUT2D eigenvalue weighted by Gasteiger charge is 2.50. The minimum absolute atomic E-state index is 0.297. The maximum atomic E-state index is 2.35. The zero-order valence-corrected chi connectivity index (χ0v) is 7.68. The third kappa shape index (κ3) is 0.536. The summed E-state index contributed by atoms with van der Waals surface area (Å²) in [4.78, 5) is 0. The molecule has 1 nitrogen and oxygen atoms in total. The second kappa shape index (κ2) is 1.55.